The average Bonchev–Trinajstić information content (AvgIpc) is 2.59. The predicted molar refractivity (Wildman–Crippen MR) is 111 cm³/mol. The van der Waals surface area contributed by atoms with Crippen LogP contribution in [0.1, 0.15) is 53.0 Å². The fourth-order valence-corrected chi connectivity index (χ4v) is 3.37. The Hall–Kier alpha value is -1.88. The molecule has 0 spiro atoms. The first-order valence-electron chi connectivity index (χ1n) is 10.1. The van der Waals surface area contributed by atoms with Crippen molar-refractivity contribution in [3.05, 3.63) is 29.8 Å². The van der Waals surface area contributed by atoms with E-state index in [4.69, 9.17) is 0 Å². The SMILES string of the molecule is CC(C)C(=O)NCC1CCCN(CC(=O)Nc2ccc(C(C)(C)C)cc2)C1. The Morgan fingerprint density at radius 3 is 2.44 bits per heavy atom. The molecule has 1 aromatic carbocycles. The Bertz CT molecular complexity index is 632. The Balaban J connectivity index is 1.80. The molecule has 5 heteroatoms. The second-order valence-electron chi connectivity index (χ2n) is 9.02. The monoisotopic (exact) mass is 373 g/mol. The Kier molecular flexibility index (Phi) is 7.42. The van der Waals surface area contributed by atoms with Crippen LogP contribution in [0.25, 0.3) is 0 Å². The number of likely N-dealkylation sites (tertiary alicyclic amines) is 1. The molecular weight excluding hydrogens is 338 g/mol. The molecule has 27 heavy (non-hydrogen) atoms. The minimum Gasteiger partial charge on any atom is -0.356 e. The van der Waals surface area contributed by atoms with Crippen LogP contribution in [0.4, 0.5) is 5.69 Å². The van der Waals surface area contributed by atoms with E-state index < -0.39 is 0 Å². The highest BCUT2D eigenvalue weighted by Crippen LogP contribution is 2.23. The number of anilines is 1. The van der Waals surface area contributed by atoms with Crippen molar-refractivity contribution in [2.75, 3.05) is 31.5 Å². The number of carbonyl (C=O) groups excluding carboxylic acids is 2. The van der Waals surface area contributed by atoms with Gasteiger partial charge in [-0.1, -0.05) is 46.8 Å². The van der Waals surface area contributed by atoms with Crippen molar-refractivity contribution in [2.45, 2.75) is 52.9 Å². The molecule has 2 amide bonds. The summed E-state index contributed by atoms with van der Waals surface area (Å²) in [5, 5.41) is 6.01. The molecule has 1 atom stereocenters. The molecule has 2 rings (SSSR count). The number of carbonyl (C=O) groups is 2. The van der Waals surface area contributed by atoms with Gasteiger partial charge in [0.25, 0.3) is 0 Å². The largest absolute Gasteiger partial charge is 0.356 e. The minimum absolute atomic E-state index is 0.0140. The Labute approximate surface area is 163 Å². The summed E-state index contributed by atoms with van der Waals surface area (Å²) in [5.41, 5.74) is 2.20. The van der Waals surface area contributed by atoms with Gasteiger partial charge in [-0.25, -0.2) is 0 Å². The molecule has 0 radical (unpaired) electrons. The summed E-state index contributed by atoms with van der Waals surface area (Å²) < 4.78 is 0. The summed E-state index contributed by atoms with van der Waals surface area (Å²) in [6.07, 6.45) is 2.17. The highest BCUT2D eigenvalue weighted by Gasteiger charge is 2.22. The molecule has 0 aliphatic carbocycles. The zero-order valence-corrected chi connectivity index (χ0v) is 17.5. The molecule has 1 heterocycles. The third-order valence-corrected chi connectivity index (χ3v) is 5.09. The van der Waals surface area contributed by atoms with Crippen molar-refractivity contribution in [1.29, 1.82) is 0 Å². The van der Waals surface area contributed by atoms with Gasteiger partial charge in [-0.05, 0) is 48.4 Å². The number of nitrogens with zero attached hydrogens (tertiary/aromatic N) is 1. The zero-order valence-electron chi connectivity index (χ0n) is 17.5. The Morgan fingerprint density at radius 1 is 1.19 bits per heavy atom. The Morgan fingerprint density at radius 2 is 1.85 bits per heavy atom. The number of amides is 2. The standard InChI is InChI=1S/C22H35N3O2/c1-16(2)21(27)23-13-17-7-6-12-25(14-17)15-20(26)24-19-10-8-18(9-11-19)22(3,4)5/h8-11,16-17H,6-7,12-15H2,1-5H3,(H,23,27)(H,24,26). The van der Waals surface area contributed by atoms with E-state index in [2.05, 4.69) is 48.4 Å². The third-order valence-electron chi connectivity index (χ3n) is 5.09. The normalized spacial score (nSPS) is 18.4. The van der Waals surface area contributed by atoms with Gasteiger partial charge in [0.2, 0.25) is 11.8 Å². The molecule has 2 N–H and O–H groups in total. The minimum atomic E-state index is 0.0140. The smallest absolute Gasteiger partial charge is 0.238 e. The number of hydrogen-bond donors (Lipinski definition) is 2. The van der Waals surface area contributed by atoms with Crippen LogP contribution in [0.3, 0.4) is 0 Å². The topological polar surface area (TPSA) is 61.4 Å². The van der Waals surface area contributed by atoms with Crippen LogP contribution in [0.2, 0.25) is 0 Å². The van der Waals surface area contributed by atoms with E-state index in [-0.39, 0.29) is 23.1 Å². The van der Waals surface area contributed by atoms with Gasteiger partial charge < -0.3 is 10.6 Å². The van der Waals surface area contributed by atoms with Gasteiger partial charge in [0.05, 0.1) is 6.54 Å². The zero-order chi connectivity index (χ0) is 20.0. The highest BCUT2D eigenvalue weighted by atomic mass is 16.2. The second kappa shape index (κ2) is 9.36. The highest BCUT2D eigenvalue weighted by molar-refractivity contribution is 5.92. The van der Waals surface area contributed by atoms with Gasteiger partial charge >= 0.3 is 0 Å². The molecule has 0 bridgehead atoms. The molecule has 150 valence electrons. The van der Waals surface area contributed by atoms with Gasteiger partial charge in [0, 0.05) is 24.7 Å². The molecule has 0 saturated carbocycles. The summed E-state index contributed by atoms with van der Waals surface area (Å²) in [6, 6.07) is 8.09. The van der Waals surface area contributed by atoms with E-state index in [9.17, 15) is 9.59 Å². The first-order valence-corrected chi connectivity index (χ1v) is 10.1. The van der Waals surface area contributed by atoms with Crippen molar-refractivity contribution >= 4 is 17.5 Å². The maximum atomic E-state index is 12.4. The first kappa shape index (κ1) is 21.4. The average molecular weight is 374 g/mol. The second-order valence-corrected chi connectivity index (χ2v) is 9.02. The lowest BCUT2D eigenvalue weighted by Gasteiger charge is -2.32. The quantitative estimate of drug-likeness (QED) is 0.803. The van der Waals surface area contributed by atoms with Gasteiger partial charge in [-0.3, -0.25) is 14.5 Å². The number of benzene rings is 1. The first-order chi connectivity index (χ1) is 12.6. The van der Waals surface area contributed by atoms with Crippen LogP contribution in [-0.2, 0) is 15.0 Å². The van der Waals surface area contributed by atoms with Crippen molar-refractivity contribution in [3.8, 4) is 0 Å². The summed E-state index contributed by atoms with van der Waals surface area (Å²) in [7, 11) is 0. The van der Waals surface area contributed by atoms with Crippen molar-refractivity contribution in [2.24, 2.45) is 11.8 Å². The van der Waals surface area contributed by atoms with Gasteiger partial charge in [-0.15, -0.1) is 0 Å². The summed E-state index contributed by atoms with van der Waals surface area (Å²) >= 11 is 0. The van der Waals surface area contributed by atoms with Crippen LogP contribution < -0.4 is 10.6 Å². The number of piperidine rings is 1. The lowest BCUT2D eigenvalue weighted by atomic mass is 9.87. The van der Waals surface area contributed by atoms with Crippen molar-refractivity contribution in [3.63, 3.8) is 0 Å². The molecule has 1 aliphatic heterocycles. The van der Waals surface area contributed by atoms with E-state index in [0.29, 0.717) is 19.0 Å². The molecule has 1 saturated heterocycles. The van der Waals surface area contributed by atoms with Gasteiger partial charge in [-0.2, -0.15) is 0 Å². The van der Waals surface area contributed by atoms with E-state index in [1.54, 1.807) is 0 Å². The van der Waals surface area contributed by atoms with Gasteiger partial charge in [0.1, 0.15) is 0 Å². The van der Waals surface area contributed by atoms with Crippen molar-refractivity contribution < 1.29 is 9.59 Å². The van der Waals surface area contributed by atoms with E-state index >= 15 is 0 Å². The van der Waals surface area contributed by atoms with Gasteiger partial charge in [0.15, 0.2) is 0 Å². The lowest BCUT2D eigenvalue weighted by molar-refractivity contribution is -0.124. The number of hydrogen-bond acceptors (Lipinski definition) is 3. The third kappa shape index (κ3) is 6.98. The fraction of sp³-hybridized carbons (Fsp3) is 0.636. The molecular formula is C22H35N3O2. The van der Waals surface area contributed by atoms with Crippen LogP contribution in [0.15, 0.2) is 24.3 Å². The maximum Gasteiger partial charge on any atom is 0.238 e. The number of nitrogens with one attached hydrogen (secondary N) is 2. The molecule has 5 nitrogen and oxygen atoms in total. The van der Waals surface area contributed by atoms with Crippen LogP contribution in [0.5, 0.6) is 0 Å². The number of rotatable bonds is 6. The summed E-state index contributed by atoms with van der Waals surface area (Å²) in [4.78, 5) is 26.3. The van der Waals surface area contributed by atoms with Crippen LogP contribution in [-0.4, -0.2) is 42.9 Å². The van der Waals surface area contributed by atoms with E-state index in [0.717, 1.165) is 31.6 Å². The van der Waals surface area contributed by atoms with E-state index in [1.165, 1.54) is 5.56 Å². The molecule has 1 aliphatic rings. The van der Waals surface area contributed by atoms with Crippen LogP contribution >= 0.6 is 0 Å². The molecule has 1 fully saturated rings. The summed E-state index contributed by atoms with van der Waals surface area (Å²) in [5.74, 6) is 0.550. The molecule has 0 aromatic heterocycles. The lowest BCUT2D eigenvalue weighted by Crippen LogP contribution is -2.44. The molecule has 1 aromatic rings. The summed E-state index contributed by atoms with van der Waals surface area (Å²) in [6.45, 7) is 13.2. The maximum absolute atomic E-state index is 12.4. The fourth-order valence-electron chi connectivity index (χ4n) is 3.37. The van der Waals surface area contributed by atoms with E-state index in [1.807, 2.05) is 26.0 Å². The van der Waals surface area contributed by atoms with Crippen LogP contribution in [0, 0.1) is 11.8 Å². The van der Waals surface area contributed by atoms with Crippen molar-refractivity contribution in [1.82, 2.24) is 10.2 Å². The molecule has 1 unspecified atom stereocenters. The predicted octanol–water partition coefficient (Wildman–Crippen LogP) is 3.41.